The Bertz CT molecular complexity index is 293. The number of thioether (sulfide) groups is 1. The highest BCUT2D eigenvalue weighted by Crippen LogP contribution is 2.10. The highest BCUT2D eigenvalue weighted by Gasteiger charge is 2.00. The molecule has 1 aromatic heterocycles. The van der Waals surface area contributed by atoms with Gasteiger partial charge in [0.25, 0.3) is 0 Å². The SMILES string of the molecule is CNc1cncc(NCCC(C)SC)n1. The van der Waals surface area contributed by atoms with Gasteiger partial charge in [0.15, 0.2) is 0 Å². The fourth-order valence-corrected chi connectivity index (χ4v) is 1.45. The Morgan fingerprint density at radius 1 is 1.40 bits per heavy atom. The monoisotopic (exact) mass is 226 g/mol. The molecule has 1 atom stereocenters. The number of rotatable bonds is 6. The van der Waals surface area contributed by atoms with Crippen molar-refractivity contribution >= 4 is 23.4 Å². The van der Waals surface area contributed by atoms with Crippen molar-refractivity contribution in [3.05, 3.63) is 12.4 Å². The van der Waals surface area contributed by atoms with Crippen molar-refractivity contribution in [2.45, 2.75) is 18.6 Å². The Kier molecular flexibility index (Phi) is 5.25. The van der Waals surface area contributed by atoms with Gasteiger partial charge in [-0.3, -0.25) is 4.98 Å². The molecule has 0 radical (unpaired) electrons. The van der Waals surface area contributed by atoms with E-state index in [2.05, 4.69) is 33.8 Å². The second kappa shape index (κ2) is 6.50. The van der Waals surface area contributed by atoms with Gasteiger partial charge in [-0.2, -0.15) is 11.8 Å². The highest BCUT2D eigenvalue weighted by molar-refractivity contribution is 7.99. The molecule has 0 aliphatic carbocycles. The van der Waals surface area contributed by atoms with Crippen molar-refractivity contribution in [2.24, 2.45) is 0 Å². The summed E-state index contributed by atoms with van der Waals surface area (Å²) in [6, 6.07) is 0. The zero-order valence-corrected chi connectivity index (χ0v) is 10.3. The molecule has 0 fully saturated rings. The molecule has 0 aromatic carbocycles. The molecule has 1 unspecified atom stereocenters. The van der Waals surface area contributed by atoms with Crippen LogP contribution in [0.1, 0.15) is 13.3 Å². The van der Waals surface area contributed by atoms with Crippen LogP contribution in [-0.2, 0) is 0 Å². The normalized spacial score (nSPS) is 12.2. The van der Waals surface area contributed by atoms with E-state index in [0.717, 1.165) is 24.6 Å². The van der Waals surface area contributed by atoms with E-state index in [4.69, 9.17) is 0 Å². The van der Waals surface area contributed by atoms with Gasteiger partial charge < -0.3 is 10.6 Å². The molecule has 0 saturated carbocycles. The van der Waals surface area contributed by atoms with Gasteiger partial charge in [0.1, 0.15) is 11.6 Å². The van der Waals surface area contributed by atoms with Crippen LogP contribution < -0.4 is 10.6 Å². The first-order valence-corrected chi connectivity index (χ1v) is 6.31. The van der Waals surface area contributed by atoms with Crippen LogP contribution in [0.3, 0.4) is 0 Å². The Balaban J connectivity index is 2.37. The molecule has 84 valence electrons. The summed E-state index contributed by atoms with van der Waals surface area (Å²) in [6.07, 6.45) is 6.71. The maximum atomic E-state index is 4.32. The van der Waals surface area contributed by atoms with Crippen LogP contribution in [0, 0.1) is 0 Å². The number of nitrogens with one attached hydrogen (secondary N) is 2. The lowest BCUT2D eigenvalue weighted by Gasteiger charge is -2.09. The average molecular weight is 226 g/mol. The van der Waals surface area contributed by atoms with Crippen LogP contribution >= 0.6 is 11.8 Å². The van der Waals surface area contributed by atoms with E-state index in [-0.39, 0.29) is 0 Å². The Morgan fingerprint density at radius 3 is 2.80 bits per heavy atom. The van der Waals surface area contributed by atoms with Crippen molar-refractivity contribution in [1.82, 2.24) is 9.97 Å². The molecule has 0 bridgehead atoms. The summed E-state index contributed by atoms with van der Waals surface area (Å²) >= 11 is 1.88. The minimum absolute atomic E-state index is 0.679. The molecule has 15 heavy (non-hydrogen) atoms. The Morgan fingerprint density at radius 2 is 2.13 bits per heavy atom. The first-order chi connectivity index (χ1) is 7.26. The molecule has 0 saturated heterocycles. The molecule has 0 spiro atoms. The predicted octanol–water partition coefficient (Wildman–Crippen LogP) is 2.07. The maximum absolute atomic E-state index is 4.32. The zero-order chi connectivity index (χ0) is 11.1. The molecule has 0 amide bonds. The average Bonchev–Trinajstić information content (AvgIpc) is 2.29. The number of aromatic nitrogens is 2. The van der Waals surface area contributed by atoms with Crippen molar-refractivity contribution in [2.75, 3.05) is 30.5 Å². The third-order valence-corrected chi connectivity index (χ3v) is 3.19. The minimum atomic E-state index is 0.679. The van der Waals surface area contributed by atoms with Gasteiger partial charge in [-0.15, -0.1) is 0 Å². The predicted molar refractivity (Wildman–Crippen MR) is 67.7 cm³/mol. The molecule has 1 rings (SSSR count). The van der Waals surface area contributed by atoms with Crippen molar-refractivity contribution in [3.8, 4) is 0 Å². The van der Waals surface area contributed by atoms with E-state index in [0.29, 0.717) is 5.25 Å². The minimum Gasteiger partial charge on any atom is -0.372 e. The van der Waals surface area contributed by atoms with Crippen LogP contribution in [0.4, 0.5) is 11.6 Å². The van der Waals surface area contributed by atoms with Gasteiger partial charge in [0.05, 0.1) is 12.4 Å². The van der Waals surface area contributed by atoms with E-state index in [9.17, 15) is 0 Å². The third kappa shape index (κ3) is 4.38. The van der Waals surface area contributed by atoms with Crippen LogP contribution in [0.25, 0.3) is 0 Å². The first-order valence-electron chi connectivity index (χ1n) is 5.02. The third-order valence-electron chi connectivity index (χ3n) is 2.15. The van der Waals surface area contributed by atoms with Crippen LogP contribution in [-0.4, -0.2) is 35.1 Å². The molecular formula is C10H18N4S. The fourth-order valence-electron chi connectivity index (χ4n) is 1.09. The van der Waals surface area contributed by atoms with Crippen molar-refractivity contribution in [3.63, 3.8) is 0 Å². The van der Waals surface area contributed by atoms with E-state index >= 15 is 0 Å². The number of nitrogens with zero attached hydrogens (tertiary/aromatic N) is 2. The van der Waals surface area contributed by atoms with E-state index in [1.165, 1.54) is 0 Å². The molecule has 0 aliphatic heterocycles. The number of hydrogen-bond donors (Lipinski definition) is 2. The molecule has 0 aliphatic rings. The van der Waals surface area contributed by atoms with E-state index < -0.39 is 0 Å². The van der Waals surface area contributed by atoms with Gasteiger partial charge >= 0.3 is 0 Å². The smallest absolute Gasteiger partial charge is 0.146 e. The lowest BCUT2D eigenvalue weighted by atomic mass is 10.3. The van der Waals surface area contributed by atoms with Crippen LogP contribution in [0.15, 0.2) is 12.4 Å². The number of anilines is 2. The summed E-state index contributed by atoms with van der Waals surface area (Å²) in [6.45, 7) is 3.16. The lowest BCUT2D eigenvalue weighted by molar-refractivity contribution is 0.849. The molecule has 1 heterocycles. The molecule has 1 aromatic rings. The quantitative estimate of drug-likeness (QED) is 0.777. The van der Waals surface area contributed by atoms with Gasteiger partial charge in [-0.05, 0) is 12.7 Å². The second-order valence-corrected chi connectivity index (χ2v) is 4.58. The largest absolute Gasteiger partial charge is 0.372 e. The van der Waals surface area contributed by atoms with Gasteiger partial charge in [0.2, 0.25) is 0 Å². The summed E-state index contributed by atoms with van der Waals surface area (Å²) < 4.78 is 0. The zero-order valence-electron chi connectivity index (χ0n) is 9.45. The summed E-state index contributed by atoms with van der Waals surface area (Å²) in [5, 5.41) is 6.90. The maximum Gasteiger partial charge on any atom is 0.146 e. The van der Waals surface area contributed by atoms with Crippen molar-refractivity contribution < 1.29 is 0 Å². The molecular weight excluding hydrogens is 208 g/mol. The summed E-state index contributed by atoms with van der Waals surface area (Å²) in [7, 11) is 1.84. The van der Waals surface area contributed by atoms with E-state index in [1.807, 2.05) is 18.8 Å². The molecule has 5 heteroatoms. The summed E-state index contributed by atoms with van der Waals surface area (Å²) in [5.41, 5.74) is 0. The second-order valence-electron chi connectivity index (χ2n) is 3.30. The van der Waals surface area contributed by atoms with Gasteiger partial charge in [-0.1, -0.05) is 6.92 Å². The Hall–Kier alpha value is -0.970. The van der Waals surface area contributed by atoms with Crippen LogP contribution in [0.5, 0.6) is 0 Å². The van der Waals surface area contributed by atoms with E-state index in [1.54, 1.807) is 12.4 Å². The topological polar surface area (TPSA) is 49.8 Å². The van der Waals surface area contributed by atoms with Gasteiger partial charge in [0, 0.05) is 18.8 Å². The fraction of sp³-hybridized carbons (Fsp3) is 0.600. The lowest BCUT2D eigenvalue weighted by Crippen LogP contribution is -2.09. The van der Waals surface area contributed by atoms with Gasteiger partial charge in [-0.25, -0.2) is 4.98 Å². The standard InChI is InChI=1S/C10H18N4S/c1-8(15-3)4-5-13-10-7-12-6-9(11-2)14-10/h6-8H,4-5H2,1-3H3,(H2,11,13,14). The highest BCUT2D eigenvalue weighted by atomic mass is 32.2. The molecule has 4 nitrogen and oxygen atoms in total. The Labute approximate surface area is 95.3 Å². The summed E-state index contributed by atoms with van der Waals surface area (Å²) in [4.78, 5) is 8.40. The molecule has 2 N–H and O–H groups in total. The first kappa shape index (κ1) is 12.1. The summed E-state index contributed by atoms with van der Waals surface area (Å²) in [5.74, 6) is 1.62. The van der Waals surface area contributed by atoms with Crippen LogP contribution in [0.2, 0.25) is 0 Å². The number of hydrogen-bond acceptors (Lipinski definition) is 5. The van der Waals surface area contributed by atoms with Crippen molar-refractivity contribution in [1.29, 1.82) is 0 Å².